The van der Waals surface area contributed by atoms with Gasteiger partial charge in [0.2, 0.25) is 6.79 Å². The van der Waals surface area contributed by atoms with Crippen LogP contribution in [0.15, 0.2) is 64.2 Å². The second kappa shape index (κ2) is 9.03. The molecule has 5 rings (SSSR count). The summed E-state index contributed by atoms with van der Waals surface area (Å²) in [7, 11) is 1.35. The van der Waals surface area contributed by atoms with E-state index in [0.717, 1.165) is 33.6 Å². The lowest BCUT2D eigenvalue weighted by atomic mass is 10.2. The number of furan rings is 1. The molecule has 168 valence electrons. The van der Waals surface area contributed by atoms with Crippen molar-refractivity contribution in [1.29, 1.82) is 0 Å². The number of hydrogen-bond donors (Lipinski definition) is 0. The first-order chi connectivity index (χ1) is 16.1. The molecule has 0 bridgehead atoms. The number of ether oxygens (including phenoxy) is 3. The summed E-state index contributed by atoms with van der Waals surface area (Å²) in [5, 5.41) is 9.64. The van der Waals surface area contributed by atoms with Gasteiger partial charge in [0.05, 0.1) is 19.4 Å². The number of methoxy groups -OCH3 is 1. The number of carbonyl (C=O) groups excluding carboxylic acids is 1. The fraction of sp³-hybridized carbons (Fsp3) is 0.208. The average Bonchev–Trinajstić information content (AvgIpc) is 3.56. The van der Waals surface area contributed by atoms with Crippen LogP contribution in [0.2, 0.25) is 0 Å². The van der Waals surface area contributed by atoms with Crippen LogP contribution in [0.3, 0.4) is 0 Å². The molecule has 0 atom stereocenters. The van der Waals surface area contributed by atoms with Crippen molar-refractivity contribution in [2.75, 3.05) is 13.9 Å². The van der Waals surface area contributed by atoms with Crippen LogP contribution >= 0.6 is 11.8 Å². The summed E-state index contributed by atoms with van der Waals surface area (Å²) in [6, 6.07) is 17.5. The van der Waals surface area contributed by atoms with E-state index in [0.29, 0.717) is 29.4 Å². The van der Waals surface area contributed by atoms with E-state index in [1.807, 2.05) is 48.5 Å². The Morgan fingerprint density at radius 2 is 1.91 bits per heavy atom. The summed E-state index contributed by atoms with van der Waals surface area (Å²) in [5.74, 6) is 3.52. The number of aryl methyl sites for hydroxylation is 1. The summed E-state index contributed by atoms with van der Waals surface area (Å²) in [4.78, 5) is 11.9. The lowest BCUT2D eigenvalue weighted by molar-refractivity contribution is 0.0599. The maximum absolute atomic E-state index is 11.9. The van der Waals surface area contributed by atoms with Gasteiger partial charge in [-0.1, -0.05) is 48.2 Å². The number of hydrogen-bond acceptors (Lipinski definition) is 8. The van der Waals surface area contributed by atoms with Crippen molar-refractivity contribution in [1.82, 2.24) is 14.8 Å². The molecule has 2 aromatic carbocycles. The molecule has 8 nitrogen and oxygen atoms in total. The quantitative estimate of drug-likeness (QED) is 0.288. The van der Waals surface area contributed by atoms with E-state index < -0.39 is 5.97 Å². The molecule has 3 heterocycles. The van der Waals surface area contributed by atoms with Gasteiger partial charge < -0.3 is 18.6 Å². The number of fused-ring (bicyclic) bond motifs is 1. The molecule has 9 heteroatoms. The molecule has 0 unspecified atom stereocenters. The number of thioether (sulfide) groups is 1. The zero-order chi connectivity index (χ0) is 22.8. The Kier molecular flexibility index (Phi) is 5.78. The summed E-state index contributed by atoms with van der Waals surface area (Å²) in [6.45, 7) is 2.54. The van der Waals surface area contributed by atoms with E-state index in [1.165, 1.54) is 18.9 Å². The smallest absolute Gasteiger partial charge is 0.341 e. The SMILES string of the molecule is COC(=O)c1cc(CSc2nnc(-c3ccccc3)n2Cc2ccc3c(c2)OCO3)oc1C. The Morgan fingerprint density at radius 1 is 1.09 bits per heavy atom. The van der Waals surface area contributed by atoms with E-state index in [2.05, 4.69) is 14.8 Å². The van der Waals surface area contributed by atoms with E-state index in [9.17, 15) is 4.79 Å². The van der Waals surface area contributed by atoms with Crippen LogP contribution in [0.1, 0.15) is 27.4 Å². The Labute approximate surface area is 194 Å². The van der Waals surface area contributed by atoms with Gasteiger partial charge in [-0.2, -0.15) is 0 Å². The lowest BCUT2D eigenvalue weighted by Gasteiger charge is -2.11. The normalized spacial score (nSPS) is 12.2. The van der Waals surface area contributed by atoms with Gasteiger partial charge in [-0.25, -0.2) is 4.79 Å². The second-order valence-corrected chi connectivity index (χ2v) is 8.35. The van der Waals surface area contributed by atoms with Gasteiger partial charge in [0.25, 0.3) is 0 Å². The molecule has 0 N–H and O–H groups in total. The van der Waals surface area contributed by atoms with E-state index >= 15 is 0 Å². The largest absolute Gasteiger partial charge is 0.465 e. The number of nitrogens with zero attached hydrogens (tertiary/aromatic N) is 3. The molecule has 0 saturated carbocycles. The molecule has 1 aliphatic rings. The fourth-order valence-electron chi connectivity index (χ4n) is 3.62. The molecular formula is C24H21N3O5S. The van der Waals surface area contributed by atoms with Gasteiger partial charge >= 0.3 is 5.97 Å². The van der Waals surface area contributed by atoms with E-state index in [4.69, 9.17) is 18.6 Å². The number of aromatic nitrogens is 3. The summed E-state index contributed by atoms with van der Waals surface area (Å²) in [5.41, 5.74) is 2.44. The monoisotopic (exact) mass is 463 g/mol. The lowest BCUT2D eigenvalue weighted by Crippen LogP contribution is -2.04. The van der Waals surface area contributed by atoms with Gasteiger partial charge in [0.15, 0.2) is 22.5 Å². The van der Waals surface area contributed by atoms with Crippen LogP contribution in [-0.2, 0) is 17.0 Å². The number of rotatable bonds is 7. The molecular weight excluding hydrogens is 442 g/mol. The highest BCUT2D eigenvalue weighted by molar-refractivity contribution is 7.98. The first-order valence-electron chi connectivity index (χ1n) is 10.3. The number of benzene rings is 2. The highest BCUT2D eigenvalue weighted by Gasteiger charge is 2.20. The van der Waals surface area contributed by atoms with Crippen molar-refractivity contribution in [3.63, 3.8) is 0 Å². The number of carbonyl (C=O) groups is 1. The van der Waals surface area contributed by atoms with Crippen LogP contribution in [-0.4, -0.2) is 34.6 Å². The number of esters is 1. The molecule has 0 spiro atoms. The van der Waals surface area contributed by atoms with E-state index in [-0.39, 0.29) is 6.79 Å². The molecule has 0 fully saturated rings. The van der Waals surface area contributed by atoms with Crippen LogP contribution in [0.4, 0.5) is 0 Å². The molecule has 0 aliphatic carbocycles. The van der Waals surface area contributed by atoms with Crippen molar-refractivity contribution in [3.8, 4) is 22.9 Å². The van der Waals surface area contributed by atoms with Crippen molar-refractivity contribution in [2.24, 2.45) is 0 Å². The van der Waals surface area contributed by atoms with Crippen molar-refractivity contribution >= 4 is 17.7 Å². The molecule has 1 aliphatic heterocycles. The highest BCUT2D eigenvalue weighted by atomic mass is 32.2. The fourth-order valence-corrected chi connectivity index (χ4v) is 4.44. The molecule has 2 aromatic heterocycles. The Bertz CT molecular complexity index is 1300. The molecule has 0 saturated heterocycles. The molecule has 0 amide bonds. The summed E-state index contributed by atoms with van der Waals surface area (Å²) >= 11 is 1.49. The summed E-state index contributed by atoms with van der Waals surface area (Å²) in [6.07, 6.45) is 0. The predicted molar refractivity (Wildman–Crippen MR) is 121 cm³/mol. The molecule has 4 aromatic rings. The van der Waals surface area contributed by atoms with Crippen molar-refractivity contribution < 1.29 is 23.4 Å². The minimum absolute atomic E-state index is 0.234. The molecule has 0 radical (unpaired) electrons. The van der Waals surface area contributed by atoms with Gasteiger partial charge in [-0.15, -0.1) is 10.2 Å². The maximum Gasteiger partial charge on any atom is 0.341 e. The predicted octanol–water partition coefficient (Wildman–Crippen LogP) is 4.70. The topological polar surface area (TPSA) is 88.6 Å². The Hall–Kier alpha value is -3.72. The zero-order valence-corrected chi connectivity index (χ0v) is 18.9. The Morgan fingerprint density at radius 3 is 2.73 bits per heavy atom. The van der Waals surface area contributed by atoms with Gasteiger partial charge in [0, 0.05) is 5.56 Å². The van der Waals surface area contributed by atoms with Crippen LogP contribution in [0.25, 0.3) is 11.4 Å². The van der Waals surface area contributed by atoms with Crippen molar-refractivity contribution in [2.45, 2.75) is 24.4 Å². The van der Waals surface area contributed by atoms with Crippen molar-refractivity contribution in [3.05, 3.63) is 77.2 Å². The van der Waals surface area contributed by atoms with Crippen LogP contribution in [0.5, 0.6) is 11.5 Å². The first-order valence-corrected chi connectivity index (χ1v) is 11.3. The highest BCUT2D eigenvalue weighted by Crippen LogP contribution is 2.34. The Balaban J connectivity index is 1.44. The third-order valence-electron chi connectivity index (χ3n) is 5.24. The summed E-state index contributed by atoms with van der Waals surface area (Å²) < 4.78 is 23.6. The second-order valence-electron chi connectivity index (χ2n) is 7.41. The standard InChI is InChI=1S/C24H21N3O5S/c1-15-19(23(28)29-2)11-18(32-15)13-33-24-26-25-22(17-6-4-3-5-7-17)27(24)12-16-8-9-20-21(10-16)31-14-30-20/h3-11H,12-14H2,1-2H3. The van der Waals surface area contributed by atoms with Crippen LogP contribution < -0.4 is 9.47 Å². The third kappa shape index (κ3) is 4.31. The minimum atomic E-state index is -0.412. The van der Waals surface area contributed by atoms with Crippen LogP contribution in [0, 0.1) is 6.92 Å². The average molecular weight is 464 g/mol. The zero-order valence-electron chi connectivity index (χ0n) is 18.1. The van der Waals surface area contributed by atoms with Gasteiger partial charge in [0.1, 0.15) is 17.1 Å². The first kappa shape index (κ1) is 21.1. The maximum atomic E-state index is 11.9. The van der Waals surface area contributed by atoms with Gasteiger partial charge in [-0.3, -0.25) is 4.57 Å². The molecule has 33 heavy (non-hydrogen) atoms. The third-order valence-corrected chi connectivity index (χ3v) is 6.23. The van der Waals surface area contributed by atoms with E-state index in [1.54, 1.807) is 13.0 Å². The minimum Gasteiger partial charge on any atom is -0.465 e. The van der Waals surface area contributed by atoms with Gasteiger partial charge in [-0.05, 0) is 30.7 Å².